The molecule has 0 bridgehead atoms. The molecule has 0 amide bonds. The van der Waals surface area contributed by atoms with Crippen LogP contribution in [0, 0.1) is 0 Å². The third-order valence-corrected chi connectivity index (χ3v) is 3.59. The topological polar surface area (TPSA) is 0 Å². The van der Waals surface area contributed by atoms with Crippen molar-refractivity contribution in [2.24, 2.45) is 0 Å². The molecule has 0 unspecified atom stereocenters. The molecule has 2 rings (SSSR count). The maximum Gasteiger partial charge on any atom is 0.189 e. The van der Waals surface area contributed by atoms with Gasteiger partial charge in [0.05, 0.1) is 0 Å². The molecule has 0 N–H and O–H groups in total. The van der Waals surface area contributed by atoms with Crippen molar-refractivity contribution in [3.05, 3.63) is 17.5 Å². The van der Waals surface area contributed by atoms with Crippen molar-refractivity contribution in [1.82, 2.24) is 0 Å². The molecule has 0 aromatic carbocycles. The first kappa shape index (κ1) is 7.42. The smallest absolute Gasteiger partial charge is 0.159 e. The minimum absolute atomic E-state index is 0.906. The second kappa shape index (κ2) is 3.44. The lowest BCUT2D eigenvalue weighted by Gasteiger charge is -2.16. The summed E-state index contributed by atoms with van der Waals surface area (Å²) in [5.41, 5.74) is 0. The Kier molecular flexibility index (Phi) is 2.32. The van der Waals surface area contributed by atoms with Crippen molar-refractivity contribution in [3.8, 4) is 0 Å². The first-order chi connectivity index (χ1) is 5.47. The summed E-state index contributed by atoms with van der Waals surface area (Å²) < 4.78 is 1.62. The van der Waals surface area contributed by atoms with E-state index in [-0.39, 0.29) is 0 Å². The molecule has 11 heavy (non-hydrogen) atoms. The van der Waals surface area contributed by atoms with Crippen molar-refractivity contribution >= 4 is 22.8 Å². The van der Waals surface area contributed by atoms with E-state index in [1.807, 2.05) is 11.3 Å². The van der Waals surface area contributed by atoms with Gasteiger partial charge in [0.15, 0.2) is 6.71 Å². The Morgan fingerprint density at radius 3 is 2.64 bits per heavy atom. The summed E-state index contributed by atoms with van der Waals surface area (Å²) in [4.78, 5) is 0. The third-order valence-electron chi connectivity index (χ3n) is 2.55. The van der Waals surface area contributed by atoms with Crippen LogP contribution in [0.25, 0.3) is 0 Å². The molecule has 1 saturated heterocycles. The number of hydrogen-bond donors (Lipinski definition) is 0. The number of hydrogen-bond acceptors (Lipinski definition) is 1. The molecule has 0 nitrogen and oxygen atoms in total. The quantitative estimate of drug-likeness (QED) is 0.559. The van der Waals surface area contributed by atoms with Crippen LogP contribution < -0.4 is 4.78 Å². The Morgan fingerprint density at radius 1 is 1.18 bits per heavy atom. The van der Waals surface area contributed by atoms with Gasteiger partial charge in [0.1, 0.15) is 0 Å². The van der Waals surface area contributed by atoms with E-state index in [0.29, 0.717) is 0 Å². The molecule has 1 aromatic heterocycles. The van der Waals surface area contributed by atoms with E-state index in [1.165, 1.54) is 31.9 Å². The summed E-state index contributed by atoms with van der Waals surface area (Å²) in [7, 11) is 0. The van der Waals surface area contributed by atoms with Crippen LogP contribution in [0.4, 0.5) is 0 Å². The normalized spacial score (nSPS) is 18.7. The molecule has 1 aliphatic rings. The van der Waals surface area contributed by atoms with Crippen LogP contribution in [-0.4, -0.2) is 6.71 Å². The van der Waals surface area contributed by atoms with Crippen molar-refractivity contribution in [3.63, 3.8) is 0 Å². The fourth-order valence-electron chi connectivity index (χ4n) is 1.91. The Labute approximate surface area is 72.7 Å². The van der Waals surface area contributed by atoms with Crippen LogP contribution in [-0.2, 0) is 0 Å². The highest BCUT2D eigenvalue weighted by atomic mass is 32.1. The highest BCUT2D eigenvalue weighted by Crippen LogP contribution is 2.19. The van der Waals surface area contributed by atoms with E-state index < -0.39 is 0 Å². The van der Waals surface area contributed by atoms with Gasteiger partial charge in [0.25, 0.3) is 0 Å². The standard InChI is InChI=1S/C9H13BS/c1-2-6-10(7-3-1)9-5-4-8-11-9/h4-5,8H,1-3,6-7H2. The molecule has 0 saturated carbocycles. The Bertz CT molecular complexity index is 199. The average molecular weight is 164 g/mol. The lowest BCUT2D eigenvalue weighted by atomic mass is 9.41. The molecule has 1 aromatic rings. The molecule has 0 radical (unpaired) electrons. The summed E-state index contributed by atoms with van der Waals surface area (Å²) in [6.07, 6.45) is 7.22. The second-order valence-electron chi connectivity index (χ2n) is 3.35. The van der Waals surface area contributed by atoms with Gasteiger partial charge in [0, 0.05) is 0 Å². The van der Waals surface area contributed by atoms with E-state index in [4.69, 9.17) is 0 Å². The minimum atomic E-state index is 0.906. The van der Waals surface area contributed by atoms with Gasteiger partial charge in [-0.2, -0.15) is 11.3 Å². The summed E-state index contributed by atoms with van der Waals surface area (Å²) in [6.45, 7) is 0.906. The van der Waals surface area contributed by atoms with E-state index in [1.54, 1.807) is 4.78 Å². The fourth-order valence-corrected chi connectivity index (χ4v) is 2.81. The van der Waals surface area contributed by atoms with Gasteiger partial charge >= 0.3 is 0 Å². The van der Waals surface area contributed by atoms with Crippen molar-refractivity contribution in [1.29, 1.82) is 0 Å². The van der Waals surface area contributed by atoms with Crippen LogP contribution in [0.2, 0.25) is 12.6 Å². The molecule has 2 heteroatoms. The third kappa shape index (κ3) is 1.67. The number of rotatable bonds is 1. The molecule has 0 spiro atoms. The van der Waals surface area contributed by atoms with Crippen LogP contribution in [0.3, 0.4) is 0 Å². The van der Waals surface area contributed by atoms with Crippen LogP contribution in [0.1, 0.15) is 19.3 Å². The molecule has 1 fully saturated rings. The second-order valence-corrected chi connectivity index (χ2v) is 4.33. The zero-order valence-corrected chi connectivity index (χ0v) is 7.57. The van der Waals surface area contributed by atoms with E-state index >= 15 is 0 Å². The largest absolute Gasteiger partial charge is 0.189 e. The van der Waals surface area contributed by atoms with E-state index in [0.717, 1.165) is 6.71 Å². The first-order valence-electron chi connectivity index (χ1n) is 4.50. The van der Waals surface area contributed by atoms with Crippen LogP contribution >= 0.6 is 11.3 Å². The first-order valence-corrected chi connectivity index (χ1v) is 5.38. The van der Waals surface area contributed by atoms with Gasteiger partial charge in [-0.3, -0.25) is 0 Å². The fraction of sp³-hybridized carbons (Fsp3) is 0.556. The lowest BCUT2D eigenvalue weighted by molar-refractivity contribution is 0.728. The van der Waals surface area contributed by atoms with Gasteiger partial charge in [-0.1, -0.05) is 44.0 Å². The molecule has 2 heterocycles. The van der Waals surface area contributed by atoms with Gasteiger partial charge in [-0.25, -0.2) is 0 Å². The van der Waals surface area contributed by atoms with Crippen molar-refractivity contribution in [2.45, 2.75) is 31.9 Å². The van der Waals surface area contributed by atoms with Crippen molar-refractivity contribution < 1.29 is 0 Å². The van der Waals surface area contributed by atoms with Gasteiger partial charge in [0.2, 0.25) is 0 Å². The Hall–Kier alpha value is -0.235. The molecular formula is C9H13BS. The maximum absolute atomic E-state index is 2.29. The van der Waals surface area contributed by atoms with Gasteiger partial charge in [-0.15, -0.1) is 0 Å². The lowest BCUT2D eigenvalue weighted by Crippen LogP contribution is -2.28. The van der Waals surface area contributed by atoms with Gasteiger partial charge in [-0.05, 0) is 10.2 Å². The monoisotopic (exact) mass is 164 g/mol. The molecule has 0 aliphatic carbocycles. The molecule has 58 valence electrons. The van der Waals surface area contributed by atoms with Crippen molar-refractivity contribution in [2.75, 3.05) is 0 Å². The van der Waals surface area contributed by atoms with Crippen LogP contribution in [0.15, 0.2) is 17.5 Å². The minimum Gasteiger partial charge on any atom is -0.159 e. The predicted molar refractivity (Wildman–Crippen MR) is 53.2 cm³/mol. The van der Waals surface area contributed by atoms with Crippen LogP contribution in [0.5, 0.6) is 0 Å². The Morgan fingerprint density at radius 2 is 2.00 bits per heavy atom. The molecule has 1 aliphatic heterocycles. The molecular weight excluding hydrogens is 151 g/mol. The Balaban J connectivity index is 2.04. The summed E-state index contributed by atoms with van der Waals surface area (Å²) in [5, 5.41) is 2.20. The SMILES string of the molecule is c1csc(B2CCCCC2)c1. The summed E-state index contributed by atoms with van der Waals surface area (Å²) >= 11 is 1.93. The van der Waals surface area contributed by atoms with Gasteiger partial charge < -0.3 is 0 Å². The predicted octanol–water partition coefficient (Wildman–Crippen LogP) is 2.63. The summed E-state index contributed by atoms with van der Waals surface area (Å²) in [5.74, 6) is 0. The summed E-state index contributed by atoms with van der Waals surface area (Å²) in [6, 6.07) is 4.47. The van der Waals surface area contributed by atoms with E-state index in [2.05, 4.69) is 17.5 Å². The average Bonchev–Trinajstić information content (AvgIpc) is 2.58. The highest BCUT2D eigenvalue weighted by molar-refractivity contribution is 7.22. The zero-order chi connectivity index (χ0) is 7.52. The highest BCUT2D eigenvalue weighted by Gasteiger charge is 2.19. The zero-order valence-electron chi connectivity index (χ0n) is 6.75. The number of thiophene rings is 1. The van der Waals surface area contributed by atoms with E-state index in [9.17, 15) is 0 Å². The molecule has 0 atom stereocenters. The maximum atomic E-state index is 2.29.